The van der Waals surface area contributed by atoms with Crippen molar-refractivity contribution in [3.63, 3.8) is 0 Å². The van der Waals surface area contributed by atoms with Gasteiger partial charge in [0.2, 0.25) is 0 Å². The van der Waals surface area contributed by atoms with Crippen LogP contribution in [0.2, 0.25) is 5.02 Å². The van der Waals surface area contributed by atoms with Crippen molar-refractivity contribution in [3.05, 3.63) is 82.4 Å². The van der Waals surface area contributed by atoms with Crippen LogP contribution in [0.15, 0.2) is 60.7 Å². The highest BCUT2D eigenvalue weighted by molar-refractivity contribution is 6.35. The average Bonchev–Trinajstić information content (AvgIpc) is 2.96. The van der Waals surface area contributed by atoms with Gasteiger partial charge in [0.15, 0.2) is 11.5 Å². The predicted molar refractivity (Wildman–Crippen MR) is 147 cm³/mol. The van der Waals surface area contributed by atoms with E-state index in [2.05, 4.69) is 10.2 Å². The molecular weight excluding hydrogens is 504 g/mol. The van der Waals surface area contributed by atoms with Gasteiger partial charge in [0.05, 0.1) is 24.8 Å². The molecule has 1 atom stereocenters. The quantitative estimate of drug-likeness (QED) is 0.377. The van der Waals surface area contributed by atoms with Gasteiger partial charge in [0.1, 0.15) is 24.7 Å². The number of nitrogens with one attached hydrogen (secondary N) is 1. The number of fused-ring (bicyclic) bond motifs is 3. The fraction of sp³-hybridized carbons (Fsp3) is 0.367. The van der Waals surface area contributed by atoms with Gasteiger partial charge in [-0.15, -0.1) is 0 Å². The van der Waals surface area contributed by atoms with E-state index in [4.69, 9.17) is 30.5 Å². The third-order valence-electron chi connectivity index (χ3n) is 7.37. The molecular formula is C30H33ClN2O5. The summed E-state index contributed by atoms with van der Waals surface area (Å²) in [6.45, 7) is 3.68. The van der Waals surface area contributed by atoms with Crippen LogP contribution in [0.3, 0.4) is 0 Å². The summed E-state index contributed by atoms with van der Waals surface area (Å²) >= 11 is 6.83. The lowest BCUT2D eigenvalue weighted by atomic mass is 9.84. The zero-order chi connectivity index (χ0) is 26.5. The van der Waals surface area contributed by atoms with E-state index in [0.29, 0.717) is 29.6 Å². The highest BCUT2D eigenvalue weighted by Gasteiger charge is 2.35. The zero-order valence-corrected chi connectivity index (χ0v) is 22.5. The first-order valence-corrected chi connectivity index (χ1v) is 13.3. The summed E-state index contributed by atoms with van der Waals surface area (Å²) < 4.78 is 22.8. The molecule has 0 saturated carbocycles. The summed E-state index contributed by atoms with van der Waals surface area (Å²) in [6.07, 6.45) is 2.24. The van der Waals surface area contributed by atoms with Gasteiger partial charge < -0.3 is 29.2 Å². The summed E-state index contributed by atoms with van der Waals surface area (Å²) in [5, 5.41) is 3.46. The van der Waals surface area contributed by atoms with Crippen molar-refractivity contribution in [2.75, 3.05) is 33.9 Å². The molecule has 1 amide bonds. The van der Waals surface area contributed by atoms with E-state index < -0.39 is 0 Å². The molecule has 3 aromatic carbocycles. The number of amides is 1. The molecule has 0 spiro atoms. The Morgan fingerprint density at radius 1 is 0.868 bits per heavy atom. The first-order chi connectivity index (χ1) is 18.5. The number of piperidine rings is 3. The predicted octanol–water partition coefficient (Wildman–Crippen LogP) is 5.34. The van der Waals surface area contributed by atoms with Gasteiger partial charge in [-0.3, -0.25) is 4.79 Å². The molecule has 3 aliphatic heterocycles. The zero-order valence-electron chi connectivity index (χ0n) is 21.7. The van der Waals surface area contributed by atoms with E-state index >= 15 is 0 Å². The molecule has 200 valence electrons. The Kier molecular flexibility index (Phi) is 8.25. The molecule has 0 radical (unpaired) electrons. The van der Waals surface area contributed by atoms with Crippen LogP contribution in [0.4, 0.5) is 0 Å². The number of carbonyl (C=O) groups excluding carboxylic acids is 1. The first-order valence-electron chi connectivity index (χ1n) is 12.9. The second-order valence-corrected chi connectivity index (χ2v) is 10.1. The summed E-state index contributed by atoms with van der Waals surface area (Å²) in [4.78, 5) is 15.7. The van der Waals surface area contributed by atoms with Crippen LogP contribution in [0.25, 0.3) is 0 Å². The molecule has 38 heavy (non-hydrogen) atoms. The molecule has 0 aromatic heterocycles. The van der Waals surface area contributed by atoms with Crippen LogP contribution in [0, 0.1) is 5.92 Å². The molecule has 6 rings (SSSR count). The van der Waals surface area contributed by atoms with Gasteiger partial charge in [-0.1, -0.05) is 35.9 Å². The van der Waals surface area contributed by atoms with E-state index in [1.807, 2.05) is 48.5 Å². The Hall–Kier alpha value is -3.42. The number of hydrogen-bond donors (Lipinski definition) is 1. The topological polar surface area (TPSA) is 69.3 Å². The Labute approximate surface area is 228 Å². The van der Waals surface area contributed by atoms with E-state index in [0.717, 1.165) is 55.1 Å². The van der Waals surface area contributed by atoms with Gasteiger partial charge in [0.25, 0.3) is 5.91 Å². The lowest BCUT2D eigenvalue weighted by Crippen LogP contribution is -2.57. The number of carbonyl (C=O) groups is 1. The number of methoxy groups -OCH3 is 2. The normalized spacial score (nSPS) is 20.0. The monoisotopic (exact) mass is 536 g/mol. The Morgan fingerprint density at radius 2 is 1.45 bits per heavy atom. The molecule has 0 aliphatic carbocycles. The van der Waals surface area contributed by atoms with Crippen LogP contribution in [0.5, 0.6) is 23.0 Å². The standard InChI is InChI=1S/C30H33ClN2O5/c1-35-23-7-3-20(4-8-23)18-37-27-12-11-25(30(34)32-26-17-33-15-13-22(26)14-16-33)28(31)29(27)38-19-21-5-9-24(36-2)10-6-21/h3-12,22,26H,13-19H2,1-2H3,(H,32,34)/t26-/m1/s1. The van der Waals surface area contributed by atoms with Crippen molar-refractivity contribution in [2.45, 2.75) is 32.1 Å². The number of rotatable bonds is 10. The smallest absolute Gasteiger partial charge is 0.253 e. The molecule has 0 unspecified atom stereocenters. The molecule has 1 N–H and O–H groups in total. The van der Waals surface area contributed by atoms with Crippen molar-refractivity contribution in [3.8, 4) is 23.0 Å². The second-order valence-electron chi connectivity index (χ2n) is 9.75. The van der Waals surface area contributed by atoms with Crippen molar-refractivity contribution >= 4 is 17.5 Å². The van der Waals surface area contributed by atoms with E-state index in [9.17, 15) is 4.79 Å². The first kappa shape index (κ1) is 26.2. The Morgan fingerprint density at radius 3 is 1.97 bits per heavy atom. The molecule has 3 aliphatic rings. The lowest BCUT2D eigenvalue weighted by Gasteiger charge is -2.44. The summed E-state index contributed by atoms with van der Waals surface area (Å²) in [5.74, 6) is 2.68. The van der Waals surface area contributed by atoms with Crippen molar-refractivity contribution in [1.29, 1.82) is 0 Å². The van der Waals surface area contributed by atoms with E-state index in [-0.39, 0.29) is 23.6 Å². The molecule has 3 heterocycles. The Bertz CT molecular complexity index is 1240. The van der Waals surface area contributed by atoms with Gasteiger partial charge in [-0.2, -0.15) is 0 Å². The van der Waals surface area contributed by atoms with Crippen molar-refractivity contribution in [2.24, 2.45) is 5.92 Å². The van der Waals surface area contributed by atoms with Crippen LogP contribution < -0.4 is 24.3 Å². The fourth-order valence-electron chi connectivity index (χ4n) is 5.10. The van der Waals surface area contributed by atoms with Crippen LogP contribution >= 0.6 is 11.6 Å². The largest absolute Gasteiger partial charge is 0.497 e. The summed E-state index contributed by atoms with van der Waals surface area (Å²) in [7, 11) is 3.26. The number of hydrogen-bond acceptors (Lipinski definition) is 6. The highest BCUT2D eigenvalue weighted by Crippen LogP contribution is 2.39. The van der Waals surface area contributed by atoms with Gasteiger partial charge >= 0.3 is 0 Å². The maximum Gasteiger partial charge on any atom is 0.253 e. The number of ether oxygens (including phenoxy) is 4. The van der Waals surface area contributed by atoms with E-state index in [1.165, 1.54) is 0 Å². The van der Waals surface area contributed by atoms with Gasteiger partial charge in [-0.25, -0.2) is 0 Å². The molecule has 2 bridgehead atoms. The SMILES string of the molecule is COc1ccc(COc2ccc(C(=O)N[C@@H]3CN4CCC3CC4)c(Cl)c2OCc2ccc(OC)cc2)cc1. The third kappa shape index (κ3) is 6.00. The van der Waals surface area contributed by atoms with Gasteiger partial charge in [0, 0.05) is 12.6 Å². The molecule has 8 heteroatoms. The van der Waals surface area contributed by atoms with Crippen LogP contribution in [0.1, 0.15) is 34.3 Å². The van der Waals surface area contributed by atoms with Crippen LogP contribution in [-0.2, 0) is 13.2 Å². The minimum Gasteiger partial charge on any atom is -0.497 e. The van der Waals surface area contributed by atoms with Crippen molar-refractivity contribution < 1.29 is 23.7 Å². The summed E-state index contributed by atoms with van der Waals surface area (Å²) in [6, 6.07) is 18.8. The third-order valence-corrected chi connectivity index (χ3v) is 7.75. The number of halogens is 1. The fourth-order valence-corrected chi connectivity index (χ4v) is 5.39. The molecule has 3 saturated heterocycles. The van der Waals surface area contributed by atoms with Crippen LogP contribution in [-0.4, -0.2) is 50.7 Å². The lowest BCUT2D eigenvalue weighted by molar-refractivity contribution is 0.0620. The minimum atomic E-state index is -0.190. The van der Waals surface area contributed by atoms with Crippen molar-refractivity contribution in [1.82, 2.24) is 10.2 Å². The minimum absolute atomic E-state index is 0.135. The summed E-state index contributed by atoms with van der Waals surface area (Å²) in [5.41, 5.74) is 2.28. The maximum absolute atomic E-state index is 13.3. The van der Waals surface area contributed by atoms with Gasteiger partial charge in [-0.05, 0) is 79.4 Å². The number of nitrogens with zero attached hydrogens (tertiary/aromatic N) is 1. The average molecular weight is 537 g/mol. The molecule has 3 fully saturated rings. The van der Waals surface area contributed by atoms with E-state index in [1.54, 1.807) is 26.4 Å². The maximum atomic E-state index is 13.3. The molecule has 7 nitrogen and oxygen atoms in total. The molecule has 3 aromatic rings. The Balaban J connectivity index is 1.35. The number of benzene rings is 3. The highest BCUT2D eigenvalue weighted by atomic mass is 35.5. The second kappa shape index (κ2) is 12.0.